The fourth-order valence-electron chi connectivity index (χ4n) is 16.1. The van der Waals surface area contributed by atoms with Gasteiger partial charge in [-0.05, 0) is 149 Å². The number of carbonyl (C=O) groups excluding carboxylic acids is 1. The Hall–Kier alpha value is -14.2. The molecule has 120 heavy (non-hydrogen) atoms. The van der Waals surface area contributed by atoms with E-state index in [0.717, 1.165) is 55.3 Å². The number of allylic oxidation sites excluding steroid dienone is 2. The summed E-state index contributed by atoms with van der Waals surface area (Å²) in [7, 11) is 4.14. The van der Waals surface area contributed by atoms with E-state index in [2.05, 4.69) is 358 Å². The van der Waals surface area contributed by atoms with Crippen LogP contribution in [0.2, 0.25) is 0 Å². The van der Waals surface area contributed by atoms with Crippen LogP contribution in [-0.4, -0.2) is 30.0 Å². The molecule has 0 atom stereocenters. The van der Waals surface area contributed by atoms with Gasteiger partial charge in [-0.3, -0.25) is 9.78 Å². The Labute approximate surface area is 722 Å². The molecule has 0 spiro atoms. The molecule has 1 radical (unpaired) electrons. The molecule has 23 aromatic rings. The number of aliphatic hydroxyl groups is 1. The number of aromatic nitrogens is 6. The molecule has 0 aliphatic rings. The number of ketones is 1. The van der Waals surface area contributed by atoms with Crippen LogP contribution < -0.4 is 9.13 Å². The van der Waals surface area contributed by atoms with Crippen LogP contribution in [-0.2, 0) is 59.1 Å². The first-order chi connectivity index (χ1) is 58.0. The molecule has 0 amide bonds. The molecule has 0 saturated carbocycles. The van der Waals surface area contributed by atoms with Crippen molar-refractivity contribution in [1.82, 2.24) is 19.1 Å². The van der Waals surface area contributed by atoms with Crippen molar-refractivity contribution in [3.05, 3.63) is 425 Å². The molecule has 7 aromatic heterocycles. The number of pyridine rings is 4. The number of nitrogens with zero attached hydrogens (tertiary/aromatic N) is 6. The summed E-state index contributed by atoms with van der Waals surface area (Å²) in [5.41, 5.74) is 20.2. The largest absolute Gasteiger partial charge is 3.00 e. The van der Waals surface area contributed by atoms with Crippen molar-refractivity contribution >= 4 is 147 Å². The number of para-hydroxylation sites is 4. The fraction of sp³-hybridized carbons (Fsp3) is 0.0367. The van der Waals surface area contributed by atoms with E-state index in [9.17, 15) is 4.79 Å². The minimum Gasteiger partial charge on any atom is -0.512 e. The molecule has 0 unspecified atom stereocenters. The maximum Gasteiger partial charge on any atom is 3.00 e. The van der Waals surface area contributed by atoms with Gasteiger partial charge >= 0.3 is 20.1 Å². The molecule has 16 aromatic carbocycles. The summed E-state index contributed by atoms with van der Waals surface area (Å²) in [5, 5.41) is 27.6. The number of benzene rings is 16. The van der Waals surface area contributed by atoms with E-state index in [1.807, 2.05) is 97.2 Å². The van der Waals surface area contributed by atoms with Crippen LogP contribution in [0.25, 0.3) is 186 Å². The number of hydrogen-bond acceptors (Lipinski definition) is 5. The van der Waals surface area contributed by atoms with E-state index in [1.165, 1.54) is 151 Å². The van der Waals surface area contributed by atoms with Crippen molar-refractivity contribution < 1.29 is 63.7 Å². The van der Waals surface area contributed by atoms with Crippen LogP contribution in [0.1, 0.15) is 13.8 Å². The van der Waals surface area contributed by atoms with Gasteiger partial charge in [0.05, 0.1) is 33.3 Å². The fourth-order valence-corrected chi connectivity index (χ4v) is 16.1. The number of fused-ring (bicyclic) bond motifs is 19. The summed E-state index contributed by atoms with van der Waals surface area (Å²) in [6, 6.07) is 142. The zero-order valence-electron chi connectivity index (χ0n) is 66.1. The average Bonchev–Trinajstić information content (AvgIpc) is 1.59. The monoisotopic (exact) mass is 1900 g/mol. The third kappa shape index (κ3) is 16.4. The summed E-state index contributed by atoms with van der Waals surface area (Å²) in [5.74, 6) is -0.0625. The molecule has 0 aliphatic carbocycles. The Morgan fingerprint density at radius 1 is 0.375 bits per heavy atom. The van der Waals surface area contributed by atoms with Crippen LogP contribution in [0, 0.1) is 24.3 Å². The second kappa shape index (κ2) is 35.7. The van der Waals surface area contributed by atoms with Gasteiger partial charge < -0.3 is 23.6 Å². The topological polar surface area (TPSA) is 93.8 Å². The van der Waals surface area contributed by atoms with Crippen molar-refractivity contribution in [2.45, 2.75) is 13.8 Å². The van der Waals surface area contributed by atoms with Gasteiger partial charge in [0.15, 0.2) is 18.2 Å². The number of carbonyl (C=O) groups is 1. The van der Waals surface area contributed by atoms with E-state index < -0.39 is 0 Å². The minimum atomic E-state index is -0.125. The minimum absolute atomic E-state index is 0. The maximum atomic E-state index is 10.0. The van der Waals surface area contributed by atoms with Crippen molar-refractivity contribution in [3.8, 4) is 44.9 Å². The molecule has 579 valence electrons. The first-order valence-corrected chi connectivity index (χ1v) is 39.4. The van der Waals surface area contributed by atoms with Gasteiger partial charge in [0.1, 0.15) is 36.3 Å². The third-order valence-electron chi connectivity index (χ3n) is 21.5. The number of hydrogen-bond donors (Lipinski definition) is 1. The number of rotatable bonds is 6. The molecule has 7 heterocycles. The molecule has 23 rings (SSSR count). The van der Waals surface area contributed by atoms with E-state index in [4.69, 9.17) is 9.52 Å². The zero-order valence-corrected chi connectivity index (χ0v) is 70.9. The van der Waals surface area contributed by atoms with Crippen molar-refractivity contribution in [2.75, 3.05) is 0 Å². The SMILES string of the molecule is CC(=O)C=C(C)O.C[n+]1cccc2ccc3ccc[c-]c3c21.C[n+]1cccc2ccc3ccc[c-]c3c21.[Ir+3].[Ir].[c-]1cccc2ccc3cccnc3c12.[c-]1ccccc1-c1ccc2ccccc2n1.c1ccc(-c2ccc3c(c2)c2ccccc2n3-c2ccc3oc4ccc(-c5ccc6c(c5)c5ccccc5n6-c5ccccc5)cc4c3c2)cc1. The zero-order chi connectivity index (χ0) is 80.0. The van der Waals surface area contributed by atoms with Gasteiger partial charge in [-0.15, -0.1) is 130 Å². The Balaban J connectivity index is 0.000000126. The second-order valence-corrected chi connectivity index (χ2v) is 29.2. The van der Waals surface area contributed by atoms with Crippen LogP contribution in [0.15, 0.2) is 405 Å². The molecule has 11 heteroatoms. The van der Waals surface area contributed by atoms with Crippen LogP contribution in [0.5, 0.6) is 0 Å². The quantitative estimate of drug-likeness (QED) is 0.0589. The maximum absolute atomic E-state index is 10.0. The van der Waals surface area contributed by atoms with E-state index >= 15 is 0 Å². The summed E-state index contributed by atoms with van der Waals surface area (Å²) in [6.45, 7) is 2.85. The first kappa shape index (κ1) is 79.7. The van der Waals surface area contributed by atoms with Crippen LogP contribution in [0.3, 0.4) is 0 Å². The summed E-state index contributed by atoms with van der Waals surface area (Å²) in [4.78, 5) is 19.0. The number of aliphatic hydroxyl groups excluding tert-OH is 1. The molecule has 0 aliphatic heterocycles. The first-order valence-electron chi connectivity index (χ1n) is 39.4. The van der Waals surface area contributed by atoms with Crippen LogP contribution in [0.4, 0.5) is 0 Å². The normalized spacial score (nSPS) is 11.2. The van der Waals surface area contributed by atoms with E-state index in [-0.39, 0.29) is 51.8 Å². The standard InChI is InChI=1S/C48H30N2O.C15H10N.2C14H11N.C13H8N.C5H8O2.2Ir/c1-3-11-31(12-4-1)32-19-23-46-39(27-32)38-16-8-10-18-44(38)50(46)36-22-26-48-42(30-36)41-29-34(21-25-47(41)51-48)33-20-24-45-40(28-33)37-15-7-9-17-43(37)49(45)35-13-5-2-6-14-35;1-2-6-12(7-3-1)15-11-10-13-8-4-5-9-14(13)16-15;2*1-15-10-4-6-12-9-8-11-5-2-3-7-13(11)14(12)15;1-2-6-12-10(4-1)7-8-11-5-3-9-14-13(11)12;1-4(6)3-5(2)7;;/h1-30H;1-6,8-11H;2*2-6,8-10H,1H3;1-5,7-9H;3,6H,1-2H3;;/q;-1;;;-1;;;+3. The predicted octanol–water partition coefficient (Wildman–Crippen LogP) is 26.3. The average molecular weight is 1900 g/mol. The number of furan rings is 1. The molecule has 0 saturated heterocycles. The summed E-state index contributed by atoms with van der Waals surface area (Å²) in [6.07, 6.45) is 7.13. The predicted molar refractivity (Wildman–Crippen MR) is 487 cm³/mol. The smallest absolute Gasteiger partial charge is 0.512 e. The van der Waals surface area contributed by atoms with E-state index in [0.29, 0.717) is 0 Å². The molecule has 0 bridgehead atoms. The Morgan fingerprint density at radius 3 is 1.42 bits per heavy atom. The van der Waals surface area contributed by atoms with Crippen molar-refractivity contribution in [3.63, 3.8) is 0 Å². The van der Waals surface area contributed by atoms with Crippen LogP contribution >= 0.6 is 0 Å². The number of aryl methyl sites for hydroxylation is 2. The Morgan fingerprint density at radius 2 is 0.825 bits per heavy atom. The Bertz CT molecular complexity index is 7560. The molecular formula is C109H78Ir2N6O3+. The molecular weight excluding hydrogens is 1830 g/mol. The van der Waals surface area contributed by atoms with Crippen molar-refractivity contribution in [1.29, 1.82) is 0 Å². The second-order valence-electron chi connectivity index (χ2n) is 29.2. The van der Waals surface area contributed by atoms with Gasteiger partial charge in [-0.2, -0.15) is 0 Å². The summed E-state index contributed by atoms with van der Waals surface area (Å²) < 4.78 is 15.5. The molecule has 0 fully saturated rings. The third-order valence-corrected chi connectivity index (χ3v) is 21.5. The molecule has 9 nitrogen and oxygen atoms in total. The Kier molecular flexibility index (Phi) is 23.7. The summed E-state index contributed by atoms with van der Waals surface area (Å²) >= 11 is 0. The van der Waals surface area contributed by atoms with Gasteiger partial charge in [0, 0.05) is 99.0 Å². The van der Waals surface area contributed by atoms with Gasteiger partial charge in [0.2, 0.25) is 0 Å². The van der Waals surface area contributed by atoms with E-state index in [1.54, 1.807) is 0 Å². The van der Waals surface area contributed by atoms with Crippen molar-refractivity contribution in [2.24, 2.45) is 14.1 Å². The van der Waals surface area contributed by atoms with Gasteiger partial charge in [-0.25, -0.2) is 9.13 Å². The van der Waals surface area contributed by atoms with Gasteiger partial charge in [-0.1, -0.05) is 199 Å². The van der Waals surface area contributed by atoms with Gasteiger partial charge in [0.25, 0.3) is 0 Å². The molecule has 1 N–H and O–H groups in total.